The van der Waals surface area contributed by atoms with Gasteiger partial charge in [0.05, 0.1) is 5.41 Å². The highest BCUT2D eigenvalue weighted by atomic mass is 16.3. The van der Waals surface area contributed by atoms with Crippen molar-refractivity contribution in [1.29, 1.82) is 0 Å². The topological polar surface area (TPSA) is 124 Å². The largest absolute Gasteiger partial charge is 0.369 e. The van der Waals surface area contributed by atoms with E-state index in [-0.39, 0.29) is 30.8 Å². The van der Waals surface area contributed by atoms with Crippen molar-refractivity contribution in [1.82, 2.24) is 15.2 Å². The number of aliphatic hydroxyl groups is 1. The second-order valence-electron chi connectivity index (χ2n) is 11.4. The van der Waals surface area contributed by atoms with E-state index in [1.165, 1.54) is 4.90 Å². The molecule has 9 nitrogen and oxygen atoms in total. The van der Waals surface area contributed by atoms with Gasteiger partial charge in [-0.3, -0.25) is 14.4 Å². The number of anilines is 2. The van der Waals surface area contributed by atoms with E-state index in [0.29, 0.717) is 30.8 Å². The second kappa shape index (κ2) is 8.63. The number of fused-ring (bicyclic) bond motifs is 3. The van der Waals surface area contributed by atoms with Crippen molar-refractivity contribution in [3.63, 3.8) is 0 Å². The Morgan fingerprint density at radius 3 is 2.68 bits per heavy atom. The van der Waals surface area contributed by atoms with Gasteiger partial charge < -0.3 is 26.0 Å². The van der Waals surface area contributed by atoms with Crippen LogP contribution in [0.5, 0.6) is 0 Å². The molecule has 1 saturated carbocycles. The van der Waals surface area contributed by atoms with Gasteiger partial charge >= 0.3 is 0 Å². The van der Waals surface area contributed by atoms with Gasteiger partial charge in [-0.25, -0.2) is 4.98 Å². The first-order valence-corrected chi connectivity index (χ1v) is 13.2. The van der Waals surface area contributed by atoms with Crippen LogP contribution in [-0.2, 0) is 32.6 Å². The van der Waals surface area contributed by atoms with Crippen molar-refractivity contribution in [3.8, 4) is 0 Å². The zero-order valence-electron chi connectivity index (χ0n) is 21.1. The molecular weight excluding hydrogens is 470 g/mol. The number of amides is 3. The third-order valence-corrected chi connectivity index (χ3v) is 8.83. The quantitative estimate of drug-likeness (QED) is 0.464. The minimum atomic E-state index is -1.38. The van der Waals surface area contributed by atoms with E-state index in [4.69, 9.17) is 0 Å². The highest BCUT2D eigenvalue weighted by Gasteiger charge is 2.51. The summed E-state index contributed by atoms with van der Waals surface area (Å²) >= 11 is 0. The fraction of sp³-hybridized carbons (Fsp3) is 0.500. The Labute approximate surface area is 216 Å². The lowest BCUT2D eigenvalue weighted by Gasteiger charge is -2.48. The molecule has 6 rings (SSSR count). The fourth-order valence-corrected chi connectivity index (χ4v) is 6.45. The van der Waals surface area contributed by atoms with Crippen LogP contribution in [0.2, 0.25) is 0 Å². The predicted octanol–water partition coefficient (Wildman–Crippen LogP) is 2.10. The Morgan fingerprint density at radius 2 is 1.95 bits per heavy atom. The van der Waals surface area contributed by atoms with Crippen LogP contribution in [0, 0.1) is 5.41 Å². The molecule has 2 fully saturated rings. The summed E-state index contributed by atoms with van der Waals surface area (Å²) in [7, 11) is 0. The van der Waals surface area contributed by atoms with E-state index in [1.807, 2.05) is 37.3 Å². The van der Waals surface area contributed by atoms with Gasteiger partial charge in [-0.1, -0.05) is 25.5 Å². The molecule has 4 aliphatic rings. The number of carbonyl (C=O) groups is 3. The molecular formula is C28H33N5O4. The molecule has 4 N–H and O–H groups in total. The maximum atomic E-state index is 13.5. The van der Waals surface area contributed by atoms with E-state index in [9.17, 15) is 19.5 Å². The van der Waals surface area contributed by atoms with Crippen molar-refractivity contribution in [2.24, 2.45) is 5.41 Å². The zero-order valence-corrected chi connectivity index (χ0v) is 21.1. The van der Waals surface area contributed by atoms with E-state index < -0.39 is 16.6 Å². The molecule has 3 heterocycles. The van der Waals surface area contributed by atoms with Crippen molar-refractivity contribution >= 4 is 29.2 Å². The first kappa shape index (κ1) is 24.1. The van der Waals surface area contributed by atoms with Crippen molar-refractivity contribution in [3.05, 3.63) is 53.2 Å². The van der Waals surface area contributed by atoms with E-state index in [1.54, 1.807) is 6.20 Å². The van der Waals surface area contributed by atoms with Gasteiger partial charge in [0.1, 0.15) is 12.4 Å². The predicted molar refractivity (Wildman–Crippen MR) is 138 cm³/mol. The number of β-amino-alcohol motifs (C(OH)–C–C–N with tert-alkyl or cyclic N) is 1. The summed E-state index contributed by atoms with van der Waals surface area (Å²) in [4.78, 5) is 45.4. The average molecular weight is 504 g/mol. The highest BCUT2D eigenvalue weighted by molar-refractivity contribution is 6.06. The van der Waals surface area contributed by atoms with Crippen molar-refractivity contribution < 1.29 is 19.5 Å². The molecule has 2 aromatic rings. The molecule has 0 bridgehead atoms. The van der Waals surface area contributed by atoms with Crippen LogP contribution >= 0.6 is 0 Å². The fourth-order valence-electron chi connectivity index (χ4n) is 6.45. The Balaban J connectivity index is 1.20. The molecule has 194 valence electrons. The number of aromatic nitrogens is 1. The van der Waals surface area contributed by atoms with Crippen LogP contribution in [0.25, 0.3) is 0 Å². The van der Waals surface area contributed by atoms with Gasteiger partial charge in [0, 0.05) is 29.4 Å². The van der Waals surface area contributed by atoms with E-state index in [0.717, 1.165) is 48.9 Å². The lowest BCUT2D eigenvalue weighted by atomic mass is 9.69. The van der Waals surface area contributed by atoms with Gasteiger partial charge in [0.2, 0.25) is 17.7 Å². The monoisotopic (exact) mass is 503 g/mol. The summed E-state index contributed by atoms with van der Waals surface area (Å²) < 4.78 is 0. The SMILES string of the molecule is CC1(C(=O)N(CC(=O)Nc2ccc3c(c2)C[C@@]2(C3)C(=O)Nc3ncccc32)[C@]2(O)CCCNC2)CCC1. The molecule has 9 heteroatoms. The smallest absolute Gasteiger partial charge is 0.244 e. The van der Waals surface area contributed by atoms with E-state index in [2.05, 4.69) is 20.9 Å². The molecule has 2 atom stereocenters. The molecule has 2 aliphatic carbocycles. The van der Waals surface area contributed by atoms with Gasteiger partial charge in [-0.05, 0) is 74.4 Å². The van der Waals surface area contributed by atoms with Crippen LogP contribution < -0.4 is 16.0 Å². The van der Waals surface area contributed by atoms with Crippen LogP contribution in [0.1, 0.15) is 55.7 Å². The number of hydrogen-bond donors (Lipinski definition) is 4. The number of carbonyl (C=O) groups excluding carboxylic acids is 3. The summed E-state index contributed by atoms with van der Waals surface area (Å²) in [5.41, 5.74) is 1.02. The van der Waals surface area contributed by atoms with Gasteiger partial charge in [-0.15, -0.1) is 0 Å². The summed E-state index contributed by atoms with van der Waals surface area (Å²) in [5.74, 6) is 0.0662. The molecule has 37 heavy (non-hydrogen) atoms. The lowest BCUT2D eigenvalue weighted by molar-refractivity contribution is -0.179. The number of piperidine rings is 1. The van der Waals surface area contributed by atoms with Crippen molar-refractivity contribution in [2.75, 3.05) is 30.3 Å². The van der Waals surface area contributed by atoms with Crippen LogP contribution in [0.4, 0.5) is 11.5 Å². The minimum absolute atomic E-state index is 0.0454. The van der Waals surface area contributed by atoms with Gasteiger partial charge in [0.25, 0.3) is 0 Å². The Morgan fingerprint density at radius 1 is 1.14 bits per heavy atom. The molecule has 0 unspecified atom stereocenters. The molecule has 1 saturated heterocycles. The number of nitrogens with zero attached hydrogens (tertiary/aromatic N) is 2. The lowest BCUT2D eigenvalue weighted by Crippen LogP contribution is -2.64. The third-order valence-electron chi connectivity index (χ3n) is 8.83. The molecule has 1 spiro atoms. The molecule has 3 amide bonds. The number of benzene rings is 1. The Bertz CT molecular complexity index is 1280. The number of rotatable bonds is 5. The molecule has 1 aromatic heterocycles. The number of hydrogen-bond acceptors (Lipinski definition) is 6. The number of nitrogens with one attached hydrogen (secondary N) is 3. The Hall–Kier alpha value is -3.30. The normalized spacial score (nSPS) is 27.1. The molecule has 0 radical (unpaired) electrons. The average Bonchev–Trinajstić information content (AvgIpc) is 3.38. The zero-order chi connectivity index (χ0) is 25.8. The van der Waals surface area contributed by atoms with Gasteiger partial charge in [0.15, 0.2) is 5.72 Å². The first-order valence-electron chi connectivity index (χ1n) is 13.2. The summed E-state index contributed by atoms with van der Waals surface area (Å²) in [6.45, 7) is 2.74. The summed E-state index contributed by atoms with van der Waals surface area (Å²) in [6, 6.07) is 9.51. The minimum Gasteiger partial charge on any atom is -0.369 e. The highest BCUT2D eigenvalue weighted by Crippen LogP contribution is 2.47. The van der Waals surface area contributed by atoms with Crippen LogP contribution in [-0.4, -0.2) is 58.1 Å². The standard InChI is InChI=1S/C28H33N5O4/c1-26(8-3-9-26)25(36)33(28(37)10-4-11-29-17-28)16-22(34)31-20-7-6-18-14-27(15-19(18)13-20)21-5-2-12-30-23(21)32-24(27)35/h2,5-7,12-13,29,37H,3-4,8-11,14-17H2,1H3,(H,31,34)(H,30,32,35)/t27-,28+/m1/s1. The third kappa shape index (κ3) is 3.92. The number of pyridine rings is 1. The maximum Gasteiger partial charge on any atom is 0.244 e. The first-order chi connectivity index (χ1) is 17.7. The summed E-state index contributed by atoms with van der Waals surface area (Å²) in [6.07, 6.45) is 6.48. The van der Waals surface area contributed by atoms with Crippen LogP contribution in [0.15, 0.2) is 36.5 Å². The maximum absolute atomic E-state index is 13.5. The molecule has 2 aliphatic heterocycles. The Kier molecular flexibility index (Phi) is 5.61. The van der Waals surface area contributed by atoms with Crippen LogP contribution in [0.3, 0.4) is 0 Å². The summed E-state index contributed by atoms with van der Waals surface area (Å²) in [5, 5.41) is 20.4. The van der Waals surface area contributed by atoms with E-state index >= 15 is 0 Å². The van der Waals surface area contributed by atoms with Gasteiger partial charge in [-0.2, -0.15) is 0 Å². The van der Waals surface area contributed by atoms with Crippen molar-refractivity contribution in [2.45, 2.75) is 63.0 Å². The second-order valence-corrected chi connectivity index (χ2v) is 11.4. The molecule has 1 aromatic carbocycles.